The molecule has 10 aliphatic heterocycles. The quantitative estimate of drug-likeness (QED) is 0.769. The molecule has 1 spiro atoms. The van der Waals surface area contributed by atoms with Crippen molar-refractivity contribution in [1.29, 1.82) is 0 Å². The summed E-state index contributed by atoms with van der Waals surface area (Å²) in [6, 6.07) is 0. The molecule has 0 aromatic rings. The molecule has 0 aromatic carbocycles. The summed E-state index contributed by atoms with van der Waals surface area (Å²) in [7, 11) is -3.68. The Bertz CT molecular complexity index is 914. The fraction of sp³-hybridized carbons (Fsp3) is 1.00. The molecule has 10 rings (SSSR count). The zero-order valence-corrected chi connectivity index (χ0v) is 11.8. The van der Waals surface area contributed by atoms with Crippen LogP contribution in [0.2, 0.25) is 44.1 Å². The van der Waals surface area contributed by atoms with Gasteiger partial charge in [-0.1, -0.05) is 0 Å². The average Bonchev–Trinajstić information content (AvgIpc) is 3.22. The normalized spacial score (nSPS) is 128. The van der Waals surface area contributed by atoms with Crippen LogP contribution in [0.4, 0.5) is 0 Å². The minimum atomic E-state index is -3.68. The Morgan fingerprint density at radius 1 is 0.765 bits per heavy atom. The summed E-state index contributed by atoms with van der Waals surface area (Å²) >= 11 is 0. The topological polar surface area (TPSA) is 40.5 Å². The third-order valence-corrected chi connectivity index (χ3v) is 85.0. The van der Waals surface area contributed by atoms with Crippen LogP contribution in [0.5, 0.6) is 0 Å². The van der Waals surface area contributed by atoms with E-state index in [0.717, 1.165) is 18.0 Å². The van der Waals surface area contributed by atoms with Crippen molar-refractivity contribution in [1.82, 2.24) is 0 Å². The molecule has 0 aliphatic carbocycles. The Morgan fingerprint density at radius 2 is 1.06 bits per heavy atom. The third kappa shape index (κ3) is 0.0615. The van der Waals surface area contributed by atoms with Crippen molar-refractivity contribution in [2.75, 3.05) is 0 Å². The van der Waals surface area contributed by atoms with Crippen LogP contribution in [0.3, 0.4) is 0 Å². The van der Waals surface area contributed by atoms with E-state index in [-0.39, 0.29) is 12.2 Å². The molecule has 2 nitrogen and oxygen atoms in total. The van der Waals surface area contributed by atoms with Gasteiger partial charge < -0.3 is 0 Å². The first-order chi connectivity index (χ1) is 7.82. The SMILES string of the molecule is CC(O)[C]12[CH]3[CH]4[CH]5[CH]1[Ru]45321678[CH]2[CH]1[CH]6[C]7(C(C)O)[CH]28. The molecule has 0 bridgehead atoms. The van der Waals surface area contributed by atoms with E-state index in [1.807, 2.05) is 0 Å². The second kappa shape index (κ2) is 0.522. The monoisotopic (exact) mass is 320 g/mol. The van der Waals surface area contributed by atoms with E-state index in [0.29, 0.717) is 8.02 Å². The zero-order chi connectivity index (χ0) is 11.1. The second-order valence-corrected chi connectivity index (χ2v) is 47.9. The van der Waals surface area contributed by atoms with Gasteiger partial charge in [0.2, 0.25) is 0 Å². The Balaban J connectivity index is 1.72. The summed E-state index contributed by atoms with van der Waals surface area (Å²) in [6.07, 6.45) is 0.00142. The van der Waals surface area contributed by atoms with Gasteiger partial charge in [-0.15, -0.1) is 0 Å². The van der Waals surface area contributed by atoms with Crippen molar-refractivity contribution in [3.63, 3.8) is 0 Å². The summed E-state index contributed by atoms with van der Waals surface area (Å²) < 4.78 is 10.3. The van der Waals surface area contributed by atoms with Gasteiger partial charge in [0, 0.05) is 0 Å². The Hall–Kier alpha value is 0.543. The first-order valence-corrected chi connectivity index (χ1v) is 17.2. The number of fused-ring (bicyclic) bond motifs is 10. The van der Waals surface area contributed by atoms with Gasteiger partial charge in [0.05, 0.1) is 0 Å². The number of aliphatic hydroxyl groups excluding tert-OH is 2. The Kier molecular flexibility index (Phi) is 0.209. The van der Waals surface area contributed by atoms with Crippen molar-refractivity contribution < 1.29 is 17.9 Å². The van der Waals surface area contributed by atoms with Gasteiger partial charge in [0.25, 0.3) is 0 Å². The van der Waals surface area contributed by atoms with E-state index >= 15 is 0 Å². The number of hydrogen-bond donors (Lipinski definition) is 2. The first-order valence-electron chi connectivity index (χ1n) is 7.39. The number of rotatable bonds is 2. The second-order valence-electron chi connectivity index (χ2n) is 11.2. The molecule has 10 unspecified atom stereocenters. The van der Waals surface area contributed by atoms with Crippen LogP contribution in [-0.2, 0) is 7.72 Å². The van der Waals surface area contributed by atoms with E-state index in [1.54, 1.807) is 0 Å². The Morgan fingerprint density at radius 3 is 1.18 bits per heavy atom. The number of aliphatic hydroxyl groups is 2. The fourth-order valence-corrected chi connectivity index (χ4v) is 159. The van der Waals surface area contributed by atoms with E-state index in [9.17, 15) is 10.2 Å². The van der Waals surface area contributed by atoms with Crippen molar-refractivity contribution in [2.45, 2.75) is 70.2 Å². The summed E-state index contributed by atoms with van der Waals surface area (Å²) in [4.78, 5) is 0. The van der Waals surface area contributed by atoms with Crippen LogP contribution >= 0.6 is 0 Å². The van der Waals surface area contributed by atoms with Gasteiger partial charge in [0.15, 0.2) is 0 Å². The van der Waals surface area contributed by atoms with E-state index in [2.05, 4.69) is 13.8 Å². The molecule has 0 amide bonds. The zero-order valence-electron chi connectivity index (χ0n) is 10.0. The summed E-state index contributed by atoms with van der Waals surface area (Å²) in [5, 5.41) is 21.2. The molecule has 94 valence electrons. The molecule has 2 N–H and O–H groups in total. The first kappa shape index (κ1) is 6.81. The van der Waals surface area contributed by atoms with Crippen molar-refractivity contribution in [2.24, 2.45) is 0 Å². The average molecular weight is 319 g/mol. The minimum absolute atomic E-state index is 0.000708. The van der Waals surface area contributed by atoms with Gasteiger partial charge in [-0.05, 0) is 0 Å². The van der Waals surface area contributed by atoms with Gasteiger partial charge in [-0.3, -0.25) is 0 Å². The van der Waals surface area contributed by atoms with Gasteiger partial charge in [-0.25, -0.2) is 0 Å². The van der Waals surface area contributed by atoms with Gasteiger partial charge in [-0.2, -0.15) is 0 Å². The molecule has 0 saturated carbocycles. The number of hydrogen-bond acceptors (Lipinski definition) is 2. The standard InChI is InChI=1S/2C7H9O.Ru/c2*1-6(8)7-4-2-3-5-7;/h2*2-6,8H,1H3;. The third-order valence-electron chi connectivity index (χ3n) is 16.3. The van der Waals surface area contributed by atoms with E-state index < -0.39 is 7.72 Å². The van der Waals surface area contributed by atoms with Crippen LogP contribution < -0.4 is 0 Å². The molecule has 10 saturated heterocycles. The predicted molar refractivity (Wildman–Crippen MR) is 58.7 cm³/mol. The van der Waals surface area contributed by atoms with E-state index in [4.69, 9.17) is 0 Å². The van der Waals surface area contributed by atoms with Crippen molar-refractivity contribution in [3.05, 3.63) is 0 Å². The summed E-state index contributed by atoms with van der Waals surface area (Å²) in [6.45, 7) is 4.25. The molecule has 10 heterocycles. The van der Waals surface area contributed by atoms with Crippen LogP contribution in [0.1, 0.15) is 13.8 Å². The molecular formula is C14H18O2Ru. The summed E-state index contributed by atoms with van der Waals surface area (Å²) in [5.41, 5.74) is 0. The molecule has 10 atom stereocenters. The van der Waals surface area contributed by atoms with Crippen LogP contribution in [-0.4, -0.2) is 22.4 Å². The maximum atomic E-state index is 10.6. The van der Waals surface area contributed by atoms with Gasteiger partial charge >= 0.3 is 88.1 Å². The fourth-order valence-electron chi connectivity index (χ4n) is 19.2. The molecule has 0 radical (unpaired) electrons. The van der Waals surface area contributed by atoms with Crippen molar-refractivity contribution >= 4 is 0 Å². The molecule has 10 aliphatic rings. The van der Waals surface area contributed by atoms with E-state index in [1.165, 1.54) is 18.0 Å². The summed E-state index contributed by atoms with van der Waals surface area (Å²) in [5.74, 6) is 0. The van der Waals surface area contributed by atoms with Crippen LogP contribution in [0.25, 0.3) is 0 Å². The molecule has 17 heavy (non-hydrogen) atoms. The van der Waals surface area contributed by atoms with Crippen LogP contribution in [0.15, 0.2) is 0 Å². The maximum absolute atomic E-state index is 10.6. The molecule has 10 fully saturated rings. The molecule has 3 heteroatoms. The predicted octanol–water partition coefficient (Wildman–Crippen LogP) is 2.88. The van der Waals surface area contributed by atoms with Crippen molar-refractivity contribution in [3.8, 4) is 0 Å². The molecule has 0 aromatic heterocycles. The van der Waals surface area contributed by atoms with Crippen LogP contribution in [0, 0.1) is 0 Å². The van der Waals surface area contributed by atoms with Gasteiger partial charge in [0.1, 0.15) is 0 Å². The Labute approximate surface area is 88.1 Å². The molecular weight excluding hydrogens is 301 g/mol.